The molecule has 2 aromatic carbocycles. The minimum absolute atomic E-state index is 0.366. The molecule has 0 amide bonds. The Morgan fingerprint density at radius 1 is 1.11 bits per heavy atom. The summed E-state index contributed by atoms with van der Waals surface area (Å²) in [5.74, 6) is -0.366. The monoisotopic (exact) mass is 316 g/mol. The zero-order valence-electron chi connectivity index (χ0n) is 10.0. The van der Waals surface area contributed by atoms with Crippen LogP contribution >= 0.6 is 35.0 Å². The molecule has 19 heavy (non-hydrogen) atoms. The minimum Gasteiger partial charge on any atom is -0.389 e. The lowest BCUT2D eigenvalue weighted by Crippen LogP contribution is -1.92. The number of hydrogen-bond donors (Lipinski definition) is 1. The van der Waals surface area contributed by atoms with E-state index in [2.05, 4.69) is 0 Å². The van der Waals surface area contributed by atoms with Crippen LogP contribution in [0.5, 0.6) is 0 Å². The number of aliphatic hydroxyl groups is 1. The van der Waals surface area contributed by atoms with Gasteiger partial charge in [-0.25, -0.2) is 4.39 Å². The lowest BCUT2D eigenvalue weighted by molar-refractivity contribution is 0.198. The number of aliphatic hydroxyl groups excluding tert-OH is 1. The van der Waals surface area contributed by atoms with Gasteiger partial charge in [0.1, 0.15) is 5.82 Å². The molecule has 1 atom stereocenters. The van der Waals surface area contributed by atoms with E-state index in [1.807, 2.05) is 0 Å². The van der Waals surface area contributed by atoms with E-state index in [0.717, 1.165) is 4.90 Å². The predicted octanol–water partition coefficient (Wildman–Crippen LogP) is 5.34. The molecular formula is C14H11Cl2FOS. The van der Waals surface area contributed by atoms with E-state index in [-0.39, 0.29) is 5.82 Å². The minimum atomic E-state index is -0.682. The SMILES string of the molecule is CC(O)c1ccc(Sc2ccc(Cl)c(Cl)c2)c(F)c1. The fourth-order valence-corrected chi connectivity index (χ4v) is 2.75. The molecule has 2 rings (SSSR count). The van der Waals surface area contributed by atoms with Crippen LogP contribution < -0.4 is 0 Å². The molecule has 5 heteroatoms. The lowest BCUT2D eigenvalue weighted by atomic mass is 10.1. The van der Waals surface area contributed by atoms with Crippen LogP contribution in [0.4, 0.5) is 4.39 Å². The molecule has 0 fully saturated rings. The summed E-state index contributed by atoms with van der Waals surface area (Å²) in [4.78, 5) is 1.28. The Bertz CT molecular complexity index is 602. The average Bonchev–Trinajstić information content (AvgIpc) is 2.36. The number of benzene rings is 2. The van der Waals surface area contributed by atoms with Gasteiger partial charge < -0.3 is 5.11 Å². The third-order valence-corrected chi connectivity index (χ3v) is 4.34. The summed E-state index contributed by atoms with van der Waals surface area (Å²) in [7, 11) is 0. The molecule has 1 nitrogen and oxygen atoms in total. The molecule has 100 valence electrons. The Labute approximate surface area is 125 Å². The molecule has 0 spiro atoms. The van der Waals surface area contributed by atoms with Crippen LogP contribution in [0, 0.1) is 5.82 Å². The molecule has 0 heterocycles. The number of halogens is 3. The Balaban J connectivity index is 2.25. The van der Waals surface area contributed by atoms with Gasteiger partial charge in [-0.05, 0) is 42.8 Å². The summed E-state index contributed by atoms with van der Waals surface area (Å²) in [5, 5.41) is 10.3. The molecular weight excluding hydrogens is 306 g/mol. The van der Waals surface area contributed by atoms with Crippen LogP contribution in [-0.2, 0) is 0 Å². The highest BCUT2D eigenvalue weighted by molar-refractivity contribution is 7.99. The highest BCUT2D eigenvalue weighted by atomic mass is 35.5. The smallest absolute Gasteiger partial charge is 0.137 e. The van der Waals surface area contributed by atoms with Crippen molar-refractivity contribution in [3.8, 4) is 0 Å². The molecule has 0 saturated heterocycles. The summed E-state index contributed by atoms with van der Waals surface area (Å²) in [5.41, 5.74) is 0.552. The van der Waals surface area contributed by atoms with Gasteiger partial charge in [-0.1, -0.05) is 41.0 Å². The maximum absolute atomic E-state index is 13.9. The van der Waals surface area contributed by atoms with Gasteiger partial charge in [0.2, 0.25) is 0 Å². The average molecular weight is 317 g/mol. The van der Waals surface area contributed by atoms with E-state index in [1.54, 1.807) is 37.3 Å². The quantitative estimate of drug-likeness (QED) is 0.825. The van der Waals surface area contributed by atoms with Crippen LogP contribution in [-0.4, -0.2) is 5.11 Å². The molecule has 0 radical (unpaired) electrons. The van der Waals surface area contributed by atoms with Crippen molar-refractivity contribution in [1.82, 2.24) is 0 Å². The van der Waals surface area contributed by atoms with Crippen molar-refractivity contribution in [2.24, 2.45) is 0 Å². The van der Waals surface area contributed by atoms with Crippen LogP contribution in [0.25, 0.3) is 0 Å². The summed E-state index contributed by atoms with van der Waals surface area (Å²) in [6.07, 6.45) is -0.682. The van der Waals surface area contributed by atoms with Crippen LogP contribution in [0.1, 0.15) is 18.6 Å². The maximum atomic E-state index is 13.9. The Kier molecular flexibility index (Phi) is 4.74. The summed E-state index contributed by atoms with van der Waals surface area (Å²) in [6.45, 7) is 1.60. The molecule has 2 aromatic rings. The third kappa shape index (κ3) is 3.63. The van der Waals surface area contributed by atoms with E-state index < -0.39 is 6.10 Å². The third-order valence-electron chi connectivity index (χ3n) is 2.56. The Morgan fingerprint density at radius 3 is 2.42 bits per heavy atom. The van der Waals surface area contributed by atoms with Gasteiger partial charge in [0.15, 0.2) is 0 Å². The molecule has 0 aliphatic rings. The highest BCUT2D eigenvalue weighted by Crippen LogP contribution is 2.34. The zero-order valence-corrected chi connectivity index (χ0v) is 12.4. The first-order valence-corrected chi connectivity index (χ1v) is 7.15. The van der Waals surface area contributed by atoms with Crippen LogP contribution in [0.2, 0.25) is 10.0 Å². The number of hydrogen-bond acceptors (Lipinski definition) is 2. The van der Waals surface area contributed by atoms with Gasteiger partial charge in [-0.3, -0.25) is 0 Å². The molecule has 0 aromatic heterocycles. The standard InChI is InChI=1S/C14H11Cl2FOS/c1-8(18)9-2-5-14(13(17)6-9)19-10-3-4-11(15)12(16)7-10/h2-8,18H,1H3. The van der Waals surface area contributed by atoms with Crippen molar-refractivity contribution in [1.29, 1.82) is 0 Å². The van der Waals surface area contributed by atoms with Crippen molar-refractivity contribution in [3.05, 3.63) is 57.8 Å². The van der Waals surface area contributed by atoms with Crippen molar-refractivity contribution < 1.29 is 9.50 Å². The first-order valence-electron chi connectivity index (χ1n) is 5.58. The fourth-order valence-electron chi connectivity index (χ4n) is 1.53. The van der Waals surface area contributed by atoms with E-state index in [9.17, 15) is 9.50 Å². The van der Waals surface area contributed by atoms with Crippen molar-refractivity contribution >= 4 is 35.0 Å². The highest BCUT2D eigenvalue weighted by Gasteiger charge is 2.09. The summed E-state index contributed by atoms with van der Waals surface area (Å²) < 4.78 is 13.9. The maximum Gasteiger partial charge on any atom is 0.137 e. The fraction of sp³-hybridized carbons (Fsp3) is 0.143. The lowest BCUT2D eigenvalue weighted by Gasteiger charge is -2.08. The molecule has 0 aliphatic heterocycles. The zero-order chi connectivity index (χ0) is 14.0. The summed E-state index contributed by atoms with van der Waals surface area (Å²) in [6, 6.07) is 9.83. The van der Waals surface area contributed by atoms with Gasteiger partial charge in [0.25, 0.3) is 0 Å². The topological polar surface area (TPSA) is 20.2 Å². The molecule has 0 saturated carbocycles. The second-order valence-electron chi connectivity index (χ2n) is 4.04. The molecule has 1 unspecified atom stereocenters. The van der Waals surface area contributed by atoms with E-state index in [4.69, 9.17) is 23.2 Å². The number of rotatable bonds is 3. The van der Waals surface area contributed by atoms with Crippen molar-refractivity contribution in [3.63, 3.8) is 0 Å². The van der Waals surface area contributed by atoms with Crippen molar-refractivity contribution in [2.45, 2.75) is 22.8 Å². The first kappa shape index (κ1) is 14.7. The van der Waals surface area contributed by atoms with Gasteiger partial charge in [-0.15, -0.1) is 0 Å². The molecule has 1 N–H and O–H groups in total. The first-order chi connectivity index (χ1) is 8.97. The van der Waals surface area contributed by atoms with E-state index in [0.29, 0.717) is 20.5 Å². The Hall–Kier alpha value is -0.740. The van der Waals surface area contributed by atoms with Gasteiger partial charge in [-0.2, -0.15) is 0 Å². The second-order valence-corrected chi connectivity index (χ2v) is 5.97. The second kappa shape index (κ2) is 6.14. The van der Waals surface area contributed by atoms with Crippen LogP contribution in [0.15, 0.2) is 46.2 Å². The molecule has 0 aliphatic carbocycles. The predicted molar refractivity (Wildman–Crippen MR) is 77.6 cm³/mol. The van der Waals surface area contributed by atoms with E-state index in [1.165, 1.54) is 17.8 Å². The van der Waals surface area contributed by atoms with Gasteiger partial charge >= 0.3 is 0 Å². The van der Waals surface area contributed by atoms with E-state index >= 15 is 0 Å². The van der Waals surface area contributed by atoms with Gasteiger partial charge in [0, 0.05) is 9.79 Å². The summed E-state index contributed by atoms with van der Waals surface area (Å²) >= 11 is 13.0. The molecule has 0 bridgehead atoms. The normalized spacial score (nSPS) is 12.5. The van der Waals surface area contributed by atoms with Crippen molar-refractivity contribution in [2.75, 3.05) is 0 Å². The van der Waals surface area contributed by atoms with Gasteiger partial charge in [0.05, 0.1) is 16.1 Å². The van der Waals surface area contributed by atoms with Crippen LogP contribution in [0.3, 0.4) is 0 Å². The Morgan fingerprint density at radius 2 is 1.84 bits per heavy atom. The largest absolute Gasteiger partial charge is 0.389 e.